The van der Waals surface area contributed by atoms with Crippen molar-refractivity contribution >= 4 is 21.6 Å². The molecule has 0 radical (unpaired) electrons. The summed E-state index contributed by atoms with van der Waals surface area (Å²) in [6.45, 7) is 7.27. The van der Waals surface area contributed by atoms with Crippen molar-refractivity contribution in [3.05, 3.63) is 59.7 Å². The first-order valence-electron chi connectivity index (χ1n) is 8.78. The summed E-state index contributed by atoms with van der Waals surface area (Å²) in [6.07, 6.45) is 0. The van der Waals surface area contributed by atoms with Crippen LogP contribution in [0, 0.1) is 6.92 Å². The molecule has 0 unspecified atom stereocenters. The standard InChI is InChI=1S/C20H24N2O4S/c1-15-7-9-18(10-8-15)27(24,25)21-17-6-4-5-16(13-17)19(23)22-11-12-26-14-20(22,2)3/h4-10,13,21H,11-12,14H2,1-3H3. The average Bonchev–Trinajstić information content (AvgIpc) is 2.61. The predicted octanol–water partition coefficient (Wildman–Crippen LogP) is 3.05. The van der Waals surface area contributed by atoms with Gasteiger partial charge in [-0.05, 0) is 51.1 Å². The van der Waals surface area contributed by atoms with Crippen LogP contribution in [0.5, 0.6) is 0 Å². The summed E-state index contributed by atoms with van der Waals surface area (Å²) in [6, 6.07) is 13.2. The molecule has 0 bridgehead atoms. The van der Waals surface area contributed by atoms with Gasteiger partial charge in [-0.3, -0.25) is 9.52 Å². The SMILES string of the molecule is Cc1ccc(S(=O)(=O)Nc2cccc(C(=O)N3CCOCC3(C)C)c2)cc1. The molecule has 0 atom stereocenters. The molecule has 3 rings (SSSR count). The topological polar surface area (TPSA) is 75.7 Å². The van der Waals surface area contributed by atoms with E-state index in [-0.39, 0.29) is 10.8 Å². The smallest absolute Gasteiger partial charge is 0.261 e. The second-order valence-corrected chi connectivity index (χ2v) is 9.00. The zero-order chi connectivity index (χ0) is 19.7. The molecule has 1 saturated heterocycles. The molecule has 0 aromatic heterocycles. The van der Waals surface area contributed by atoms with Gasteiger partial charge in [0.2, 0.25) is 0 Å². The number of sulfonamides is 1. The number of aryl methyl sites for hydroxylation is 1. The van der Waals surface area contributed by atoms with Gasteiger partial charge in [0, 0.05) is 17.8 Å². The first-order valence-corrected chi connectivity index (χ1v) is 10.3. The molecule has 27 heavy (non-hydrogen) atoms. The van der Waals surface area contributed by atoms with Gasteiger partial charge in [-0.1, -0.05) is 23.8 Å². The van der Waals surface area contributed by atoms with Crippen LogP contribution in [0.15, 0.2) is 53.4 Å². The summed E-state index contributed by atoms with van der Waals surface area (Å²) in [5.41, 5.74) is 1.36. The van der Waals surface area contributed by atoms with Gasteiger partial charge in [0.1, 0.15) is 0 Å². The van der Waals surface area contributed by atoms with E-state index in [1.165, 1.54) is 0 Å². The number of morpholine rings is 1. The number of anilines is 1. The fraction of sp³-hybridized carbons (Fsp3) is 0.350. The van der Waals surface area contributed by atoms with Crippen molar-refractivity contribution in [3.63, 3.8) is 0 Å². The van der Waals surface area contributed by atoms with Crippen LogP contribution in [-0.4, -0.2) is 44.5 Å². The maximum atomic E-state index is 12.9. The lowest BCUT2D eigenvalue weighted by Gasteiger charge is -2.42. The number of nitrogens with one attached hydrogen (secondary N) is 1. The van der Waals surface area contributed by atoms with E-state index in [2.05, 4.69) is 4.72 Å². The highest BCUT2D eigenvalue weighted by molar-refractivity contribution is 7.92. The maximum absolute atomic E-state index is 12.9. The minimum atomic E-state index is -3.72. The number of hydrogen-bond donors (Lipinski definition) is 1. The van der Waals surface area contributed by atoms with Gasteiger partial charge in [-0.2, -0.15) is 0 Å². The van der Waals surface area contributed by atoms with Crippen LogP contribution >= 0.6 is 0 Å². The summed E-state index contributed by atoms with van der Waals surface area (Å²) >= 11 is 0. The molecule has 0 saturated carbocycles. The minimum Gasteiger partial charge on any atom is -0.377 e. The van der Waals surface area contributed by atoms with Gasteiger partial charge in [-0.15, -0.1) is 0 Å². The summed E-state index contributed by atoms with van der Waals surface area (Å²) in [7, 11) is -3.72. The molecule has 1 heterocycles. The van der Waals surface area contributed by atoms with Crippen molar-refractivity contribution in [2.24, 2.45) is 0 Å². The largest absolute Gasteiger partial charge is 0.377 e. The molecule has 1 fully saturated rings. The van der Waals surface area contributed by atoms with Crippen LogP contribution in [-0.2, 0) is 14.8 Å². The third-order valence-electron chi connectivity index (χ3n) is 4.58. The molecule has 0 spiro atoms. The lowest BCUT2D eigenvalue weighted by atomic mass is 10.0. The number of benzene rings is 2. The molecule has 1 N–H and O–H groups in total. The maximum Gasteiger partial charge on any atom is 0.261 e. The average molecular weight is 388 g/mol. The molecule has 2 aromatic carbocycles. The Morgan fingerprint density at radius 3 is 2.52 bits per heavy atom. The van der Waals surface area contributed by atoms with E-state index in [0.29, 0.717) is 31.0 Å². The summed E-state index contributed by atoms with van der Waals surface area (Å²) in [5.74, 6) is -0.139. The van der Waals surface area contributed by atoms with E-state index in [1.54, 1.807) is 53.4 Å². The van der Waals surface area contributed by atoms with Crippen molar-refractivity contribution in [1.82, 2.24) is 4.90 Å². The van der Waals surface area contributed by atoms with Gasteiger partial charge in [-0.25, -0.2) is 8.42 Å². The molecule has 7 heteroatoms. The highest BCUT2D eigenvalue weighted by Crippen LogP contribution is 2.24. The Morgan fingerprint density at radius 1 is 1.15 bits per heavy atom. The zero-order valence-corrected chi connectivity index (χ0v) is 16.5. The van der Waals surface area contributed by atoms with Crippen LogP contribution in [0.1, 0.15) is 29.8 Å². The van der Waals surface area contributed by atoms with E-state index in [4.69, 9.17) is 4.74 Å². The lowest BCUT2D eigenvalue weighted by molar-refractivity contribution is -0.0370. The van der Waals surface area contributed by atoms with Crippen molar-refractivity contribution in [2.45, 2.75) is 31.2 Å². The van der Waals surface area contributed by atoms with Crippen LogP contribution < -0.4 is 4.72 Å². The normalized spacial score (nSPS) is 16.8. The van der Waals surface area contributed by atoms with Crippen molar-refractivity contribution in [2.75, 3.05) is 24.5 Å². The zero-order valence-electron chi connectivity index (χ0n) is 15.7. The van der Waals surface area contributed by atoms with Crippen LogP contribution in [0.4, 0.5) is 5.69 Å². The fourth-order valence-electron chi connectivity index (χ4n) is 3.04. The Hall–Kier alpha value is -2.38. The van der Waals surface area contributed by atoms with Gasteiger partial charge in [0.05, 0.1) is 23.6 Å². The molecular weight excluding hydrogens is 364 g/mol. The number of ether oxygens (including phenoxy) is 1. The minimum absolute atomic E-state index is 0.139. The lowest BCUT2D eigenvalue weighted by Crippen LogP contribution is -2.55. The van der Waals surface area contributed by atoms with E-state index >= 15 is 0 Å². The van der Waals surface area contributed by atoms with Crippen molar-refractivity contribution < 1.29 is 17.9 Å². The number of amides is 1. The first kappa shape index (κ1) is 19.4. The Labute approximate surface area is 160 Å². The third-order valence-corrected chi connectivity index (χ3v) is 5.98. The second-order valence-electron chi connectivity index (χ2n) is 7.32. The van der Waals surface area contributed by atoms with Gasteiger partial charge >= 0.3 is 0 Å². The molecular formula is C20H24N2O4S. The Kier molecular flexibility index (Phi) is 5.26. The monoisotopic (exact) mass is 388 g/mol. The van der Waals surface area contributed by atoms with Crippen LogP contribution in [0.3, 0.4) is 0 Å². The van der Waals surface area contributed by atoms with Crippen LogP contribution in [0.25, 0.3) is 0 Å². The fourth-order valence-corrected chi connectivity index (χ4v) is 4.09. The molecule has 144 valence electrons. The van der Waals surface area contributed by atoms with E-state index in [0.717, 1.165) is 5.56 Å². The molecule has 2 aromatic rings. The highest BCUT2D eigenvalue weighted by atomic mass is 32.2. The summed E-state index contributed by atoms with van der Waals surface area (Å²) in [4.78, 5) is 14.9. The molecule has 1 aliphatic rings. The Bertz CT molecular complexity index is 937. The van der Waals surface area contributed by atoms with Crippen molar-refractivity contribution in [3.8, 4) is 0 Å². The van der Waals surface area contributed by atoms with E-state index in [9.17, 15) is 13.2 Å². The predicted molar refractivity (Wildman–Crippen MR) is 104 cm³/mol. The van der Waals surface area contributed by atoms with Gasteiger partial charge < -0.3 is 9.64 Å². The van der Waals surface area contributed by atoms with Gasteiger partial charge in [0.15, 0.2) is 0 Å². The Morgan fingerprint density at radius 2 is 1.85 bits per heavy atom. The number of carbonyl (C=O) groups excluding carboxylic acids is 1. The number of carbonyl (C=O) groups is 1. The molecule has 1 amide bonds. The van der Waals surface area contributed by atoms with E-state index in [1.807, 2.05) is 20.8 Å². The molecule has 1 aliphatic heterocycles. The van der Waals surface area contributed by atoms with E-state index < -0.39 is 15.6 Å². The number of nitrogens with zero attached hydrogens (tertiary/aromatic N) is 1. The number of rotatable bonds is 4. The quantitative estimate of drug-likeness (QED) is 0.873. The third kappa shape index (κ3) is 4.31. The molecule has 6 nitrogen and oxygen atoms in total. The first-order chi connectivity index (χ1) is 12.7. The summed E-state index contributed by atoms with van der Waals surface area (Å²) < 4.78 is 33.2. The second kappa shape index (κ2) is 7.32. The van der Waals surface area contributed by atoms with Gasteiger partial charge in [0.25, 0.3) is 15.9 Å². The van der Waals surface area contributed by atoms with Crippen LogP contribution in [0.2, 0.25) is 0 Å². The molecule has 0 aliphatic carbocycles. The number of hydrogen-bond acceptors (Lipinski definition) is 4. The Balaban J connectivity index is 1.83. The van der Waals surface area contributed by atoms with Crippen molar-refractivity contribution in [1.29, 1.82) is 0 Å². The summed E-state index contributed by atoms with van der Waals surface area (Å²) in [5, 5.41) is 0. The highest BCUT2D eigenvalue weighted by Gasteiger charge is 2.34.